The highest BCUT2D eigenvalue weighted by molar-refractivity contribution is 5.78. The number of nitrogens with one attached hydrogen (secondary N) is 1. The molecule has 0 aliphatic carbocycles. The molecule has 2 rings (SSSR count). The van der Waals surface area contributed by atoms with Crippen LogP contribution in [-0.4, -0.2) is 39.9 Å². The van der Waals surface area contributed by atoms with Gasteiger partial charge in [-0.05, 0) is 25.8 Å². The fourth-order valence-electron chi connectivity index (χ4n) is 2.53. The van der Waals surface area contributed by atoms with Crippen LogP contribution in [-0.2, 0) is 23.1 Å². The summed E-state index contributed by atoms with van der Waals surface area (Å²) in [5, 5.41) is 16.2. The summed E-state index contributed by atoms with van der Waals surface area (Å²) in [4.78, 5) is 23.4. The standard InChI is InChI=1S/C18H23N3O4/c1-12-17(13(2)21(3)20-12)25-11-16(22)19-10-15(18(23)24)9-14-7-5-4-6-8-14/h4-8,15H,9-11H2,1-3H3,(H,19,22)(H,23,24). The molecule has 0 fully saturated rings. The van der Waals surface area contributed by atoms with Crippen molar-refractivity contribution in [2.45, 2.75) is 20.3 Å². The summed E-state index contributed by atoms with van der Waals surface area (Å²) in [6.07, 6.45) is 0.359. The molecule has 25 heavy (non-hydrogen) atoms. The van der Waals surface area contributed by atoms with Crippen molar-refractivity contribution in [3.05, 3.63) is 47.3 Å². The van der Waals surface area contributed by atoms with Crippen LogP contribution >= 0.6 is 0 Å². The van der Waals surface area contributed by atoms with E-state index in [-0.39, 0.29) is 19.1 Å². The van der Waals surface area contributed by atoms with E-state index < -0.39 is 11.9 Å². The molecule has 1 unspecified atom stereocenters. The Labute approximate surface area is 146 Å². The fraction of sp³-hybridized carbons (Fsp3) is 0.389. The lowest BCUT2D eigenvalue weighted by Crippen LogP contribution is -2.36. The number of ether oxygens (including phenoxy) is 1. The molecule has 0 spiro atoms. The predicted molar refractivity (Wildman–Crippen MR) is 92.5 cm³/mol. The lowest BCUT2D eigenvalue weighted by Gasteiger charge is -2.14. The number of amides is 1. The smallest absolute Gasteiger partial charge is 0.308 e. The van der Waals surface area contributed by atoms with Gasteiger partial charge in [0.05, 0.1) is 11.6 Å². The van der Waals surface area contributed by atoms with E-state index >= 15 is 0 Å². The molecule has 7 nitrogen and oxygen atoms in total. The van der Waals surface area contributed by atoms with Crippen molar-refractivity contribution in [1.82, 2.24) is 15.1 Å². The van der Waals surface area contributed by atoms with E-state index in [1.165, 1.54) is 0 Å². The van der Waals surface area contributed by atoms with Crippen molar-refractivity contribution in [3.8, 4) is 5.75 Å². The van der Waals surface area contributed by atoms with E-state index in [0.29, 0.717) is 17.9 Å². The van der Waals surface area contributed by atoms with Gasteiger partial charge in [-0.1, -0.05) is 30.3 Å². The van der Waals surface area contributed by atoms with Gasteiger partial charge in [-0.3, -0.25) is 14.3 Å². The van der Waals surface area contributed by atoms with Gasteiger partial charge in [0.2, 0.25) is 0 Å². The van der Waals surface area contributed by atoms with Gasteiger partial charge in [-0.15, -0.1) is 0 Å². The van der Waals surface area contributed by atoms with Crippen LogP contribution in [0.4, 0.5) is 0 Å². The first-order valence-electron chi connectivity index (χ1n) is 8.05. The van der Waals surface area contributed by atoms with E-state index in [9.17, 15) is 14.7 Å². The molecule has 1 aromatic heterocycles. The molecule has 0 bridgehead atoms. The second kappa shape index (κ2) is 8.32. The van der Waals surface area contributed by atoms with Crippen molar-refractivity contribution in [2.75, 3.05) is 13.2 Å². The zero-order chi connectivity index (χ0) is 18.4. The molecule has 7 heteroatoms. The molecular weight excluding hydrogens is 322 g/mol. The van der Waals surface area contributed by atoms with Crippen LogP contribution in [0.3, 0.4) is 0 Å². The third kappa shape index (κ3) is 5.07. The minimum absolute atomic E-state index is 0.0530. The summed E-state index contributed by atoms with van der Waals surface area (Å²) in [6, 6.07) is 9.34. The number of aromatic nitrogens is 2. The third-order valence-corrected chi connectivity index (χ3v) is 4.01. The quantitative estimate of drug-likeness (QED) is 0.756. The Morgan fingerprint density at radius 1 is 1.28 bits per heavy atom. The Morgan fingerprint density at radius 2 is 1.96 bits per heavy atom. The lowest BCUT2D eigenvalue weighted by atomic mass is 9.99. The van der Waals surface area contributed by atoms with Crippen molar-refractivity contribution < 1.29 is 19.4 Å². The minimum atomic E-state index is -0.941. The number of carbonyl (C=O) groups is 2. The van der Waals surface area contributed by atoms with Gasteiger partial charge >= 0.3 is 5.97 Å². The van der Waals surface area contributed by atoms with E-state index in [4.69, 9.17) is 4.74 Å². The summed E-state index contributed by atoms with van der Waals surface area (Å²) >= 11 is 0. The van der Waals surface area contributed by atoms with Crippen LogP contribution in [0.25, 0.3) is 0 Å². The number of aryl methyl sites for hydroxylation is 2. The molecule has 0 saturated carbocycles. The van der Waals surface area contributed by atoms with E-state index in [0.717, 1.165) is 11.3 Å². The highest BCUT2D eigenvalue weighted by Crippen LogP contribution is 2.21. The summed E-state index contributed by atoms with van der Waals surface area (Å²) < 4.78 is 7.20. The van der Waals surface area contributed by atoms with Crippen LogP contribution in [0.15, 0.2) is 30.3 Å². The Morgan fingerprint density at radius 3 is 2.52 bits per heavy atom. The van der Waals surface area contributed by atoms with Gasteiger partial charge in [-0.2, -0.15) is 5.10 Å². The summed E-state index contributed by atoms with van der Waals surface area (Å²) in [6.45, 7) is 3.54. The van der Waals surface area contributed by atoms with Gasteiger partial charge < -0.3 is 15.2 Å². The number of carboxylic acid groups (broad SMARTS) is 1. The van der Waals surface area contributed by atoms with Gasteiger partial charge in [0, 0.05) is 13.6 Å². The highest BCUT2D eigenvalue weighted by Gasteiger charge is 2.19. The molecule has 1 atom stereocenters. The lowest BCUT2D eigenvalue weighted by molar-refractivity contribution is -0.141. The van der Waals surface area contributed by atoms with Crippen LogP contribution in [0.5, 0.6) is 5.75 Å². The Bertz CT molecular complexity index is 740. The highest BCUT2D eigenvalue weighted by atomic mass is 16.5. The van der Waals surface area contributed by atoms with Crippen LogP contribution < -0.4 is 10.1 Å². The maximum absolute atomic E-state index is 12.0. The Balaban J connectivity index is 1.85. The summed E-state index contributed by atoms with van der Waals surface area (Å²) in [5.41, 5.74) is 2.46. The molecule has 0 aliphatic rings. The molecule has 2 N–H and O–H groups in total. The molecule has 2 aromatic rings. The van der Waals surface area contributed by atoms with Gasteiger partial charge in [0.1, 0.15) is 5.69 Å². The molecule has 0 radical (unpaired) electrons. The molecular formula is C18H23N3O4. The molecule has 0 saturated heterocycles. The molecule has 1 heterocycles. The topological polar surface area (TPSA) is 93.5 Å². The second-order valence-electron chi connectivity index (χ2n) is 5.94. The van der Waals surface area contributed by atoms with E-state index in [2.05, 4.69) is 10.4 Å². The van der Waals surface area contributed by atoms with Crippen molar-refractivity contribution in [3.63, 3.8) is 0 Å². The monoisotopic (exact) mass is 345 g/mol. The molecule has 134 valence electrons. The predicted octanol–water partition coefficient (Wildman–Crippen LogP) is 1.48. The minimum Gasteiger partial charge on any atom is -0.481 e. The zero-order valence-corrected chi connectivity index (χ0v) is 14.7. The zero-order valence-electron chi connectivity index (χ0n) is 14.7. The number of carbonyl (C=O) groups excluding carboxylic acids is 1. The average Bonchev–Trinajstić information content (AvgIpc) is 2.82. The van der Waals surface area contributed by atoms with E-state index in [1.54, 1.807) is 18.7 Å². The maximum atomic E-state index is 12.0. The number of rotatable bonds is 8. The number of aliphatic carboxylic acids is 1. The van der Waals surface area contributed by atoms with Crippen LogP contribution in [0, 0.1) is 19.8 Å². The van der Waals surface area contributed by atoms with Crippen LogP contribution in [0.1, 0.15) is 17.0 Å². The Hall–Kier alpha value is -2.83. The van der Waals surface area contributed by atoms with Crippen molar-refractivity contribution in [2.24, 2.45) is 13.0 Å². The third-order valence-electron chi connectivity index (χ3n) is 4.01. The largest absolute Gasteiger partial charge is 0.481 e. The average molecular weight is 345 g/mol. The van der Waals surface area contributed by atoms with Gasteiger partial charge in [-0.25, -0.2) is 0 Å². The SMILES string of the molecule is Cc1nn(C)c(C)c1OCC(=O)NCC(Cc1ccccc1)C(=O)O. The molecule has 1 aromatic carbocycles. The first-order chi connectivity index (χ1) is 11.9. The number of hydrogen-bond donors (Lipinski definition) is 2. The normalized spacial score (nSPS) is 11.8. The number of hydrogen-bond acceptors (Lipinski definition) is 4. The van der Waals surface area contributed by atoms with E-state index in [1.807, 2.05) is 37.3 Å². The first kappa shape index (κ1) is 18.5. The number of benzene rings is 1. The molecule has 0 aliphatic heterocycles. The van der Waals surface area contributed by atoms with Crippen molar-refractivity contribution in [1.29, 1.82) is 0 Å². The van der Waals surface area contributed by atoms with Crippen molar-refractivity contribution >= 4 is 11.9 Å². The van der Waals surface area contributed by atoms with Gasteiger partial charge in [0.15, 0.2) is 12.4 Å². The summed E-state index contributed by atoms with van der Waals surface area (Å²) in [7, 11) is 1.80. The Kier molecular flexibility index (Phi) is 6.16. The first-order valence-corrected chi connectivity index (χ1v) is 8.05. The summed E-state index contributed by atoms with van der Waals surface area (Å²) in [5.74, 6) is -1.41. The number of nitrogens with zero attached hydrogens (tertiary/aromatic N) is 2. The second-order valence-corrected chi connectivity index (χ2v) is 5.94. The molecule has 1 amide bonds. The maximum Gasteiger partial charge on any atom is 0.308 e. The van der Waals surface area contributed by atoms with Gasteiger partial charge in [0.25, 0.3) is 5.91 Å². The number of carboxylic acids is 1. The fourth-order valence-corrected chi connectivity index (χ4v) is 2.53. The van der Waals surface area contributed by atoms with Crippen LogP contribution in [0.2, 0.25) is 0 Å².